The summed E-state index contributed by atoms with van der Waals surface area (Å²) in [5.41, 5.74) is 0.777. The fraction of sp³-hybridized carbons (Fsp3) is 0.286. The summed E-state index contributed by atoms with van der Waals surface area (Å²) in [5, 5.41) is 10.6. The van der Waals surface area contributed by atoms with Gasteiger partial charge in [-0.25, -0.2) is 0 Å². The maximum Gasteiger partial charge on any atom is 0.269 e. The summed E-state index contributed by atoms with van der Waals surface area (Å²) in [4.78, 5) is 24.6. The number of thiocarbonyl (C=S) groups is 1. The van der Waals surface area contributed by atoms with E-state index in [1.807, 2.05) is 0 Å². The molecule has 0 N–H and O–H groups in total. The fourth-order valence-electron chi connectivity index (χ4n) is 1.85. The summed E-state index contributed by atoms with van der Waals surface area (Å²) < 4.78 is 0.571. The molecular weight excluding hydrogens is 308 g/mol. The van der Waals surface area contributed by atoms with Crippen molar-refractivity contribution in [2.75, 3.05) is 6.54 Å². The molecule has 0 aromatic heterocycles. The third-order valence-corrected chi connectivity index (χ3v) is 4.39. The van der Waals surface area contributed by atoms with Crippen LogP contribution in [0.3, 0.4) is 0 Å². The number of carbonyl (C=O) groups is 1. The van der Waals surface area contributed by atoms with Crippen LogP contribution in [0, 0.1) is 10.1 Å². The second-order valence-electron chi connectivity index (χ2n) is 4.54. The molecule has 0 bridgehead atoms. The van der Waals surface area contributed by atoms with Crippen LogP contribution in [0.1, 0.15) is 25.3 Å². The van der Waals surface area contributed by atoms with Gasteiger partial charge in [0.25, 0.3) is 11.6 Å². The van der Waals surface area contributed by atoms with Gasteiger partial charge in [-0.15, -0.1) is 0 Å². The van der Waals surface area contributed by atoms with Gasteiger partial charge in [0.05, 0.1) is 9.83 Å². The zero-order chi connectivity index (χ0) is 15.4. The highest BCUT2D eigenvalue weighted by atomic mass is 32.2. The minimum atomic E-state index is -0.450. The Hall–Kier alpha value is -1.73. The molecule has 1 aliphatic heterocycles. The first-order valence-electron chi connectivity index (χ1n) is 6.52. The van der Waals surface area contributed by atoms with Gasteiger partial charge in [-0.1, -0.05) is 37.3 Å². The molecule has 0 saturated carbocycles. The van der Waals surface area contributed by atoms with Crippen molar-refractivity contribution in [3.63, 3.8) is 0 Å². The van der Waals surface area contributed by atoms with Crippen LogP contribution in [0.15, 0.2) is 29.2 Å². The standard InChI is InChI=1S/C14H14N2O3S2/c1-2-3-8-15-13(17)12(21-14(15)20)9-10-4-6-11(7-5-10)16(18)19/h4-7,9H,2-3,8H2,1H3/b12-9-. The lowest BCUT2D eigenvalue weighted by atomic mass is 10.2. The van der Waals surface area contributed by atoms with E-state index in [1.165, 1.54) is 23.9 Å². The highest BCUT2D eigenvalue weighted by molar-refractivity contribution is 8.26. The zero-order valence-corrected chi connectivity index (χ0v) is 13.1. The van der Waals surface area contributed by atoms with E-state index in [4.69, 9.17) is 12.2 Å². The summed E-state index contributed by atoms with van der Waals surface area (Å²) >= 11 is 6.49. The molecule has 1 aromatic rings. The van der Waals surface area contributed by atoms with E-state index in [-0.39, 0.29) is 11.6 Å². The molecule has 0 radical (unpaired) electrons. The molecule has 5 nitrogen and oxygen atoms in total. The van der Waals surface area contributed by atoms with E-state index < -0.39 is 4.92 Å². The minimum absolute atomic E-state index is 0.0302. The number of nitrogens with zero attached hydrogens (tertiary/aromatic N) is 2. The Bertz CT molecular complexity index is 611. The quantitative estimate of drug-likeness (QED) is 0.359. The molecule has 0 aliphatic carbocycles. The summed E-state index contributed by atoms with van der Waals surface area (Å²) in [6.07, 6.45) is 3.63. The van der Waals surface area contributed by atoms with Gasteiger partial charge < -0.3 is 0 Å². The van der Waals surface area contributed by atoms with Crippen LogP contribution in [-0.4, -0.2) is 26.6 Å². The fourth-order valence-corrected chi connectivity index (χ4v) is 3.16. The summed E-state index contributed by atoms with van der Waals surface area (Å²) in [7, 11) is 0. The number of amides is 1. The van der Waals surface area contributed by atoms with Gasteiger partial charge in [0.1, 0.15) is 4.32 Å². The molecule has 1 fully saturated rings. The predicted molar refractivity (Wildman–Crippen MR) is 87.9 cm³/mol. The number of carbonyl (C=O) groups excluding carboxylic acids is 1. The third kappa shape index (κ3) is 3.68. The van der Waals surface area contributed by atoms with Crippen LogP contribution < -0.4 is 0 Å². The Balaban J connectivity index is 2.16. The van der Waals surface area contributed by atoms with Gasteiger partial charge in [-0.05, 0) is 30.2 Å². The van der Waals surface area contributed by atoms with Crippen LogP contribution in [0.4, 0.5) is 5.69 Å². The van der Waals surface area contributed by atoms with E-state index in [9.17, 15) is 14.9 Å². The molecule has 0 unspecified atom stereocenters. The molecular formula is C14H14N2O3S2. The zero-order valence-electron chi connectivity index (χ0n) is 11.4. The van der Waals surface area contributed by atoms with Crippen LogP contribution >= 0.6 is 24.0 Å². The molecule has 7 heteroatoms. The maximum atomic E-state index is 12.2. The number of unbranched alkanes of at least 4 members (excludes halogenated alkanes) is 1. The molecule has 21 heavy (non-hydrogen) atoms. The second-order valence-corrected chi connectivity index (χ2v) is 6.21. The van der Waals surface area contributed by atoms with Crippen LogP contribution in [0.5, 0.6) is 0 Å². The maximum absolute atomic E-state index is 12.2. The first-order chi connectivity index (χ1) is 10.0. The van der Waals surface area contributed by atoms with Gasteiger partial charge in [0.2, 0.25) is 0 Å². The van der Waals surface area contributed by atoms with Crippen LogP contribution in [-0.2, 0) is 4.79 Å². The molecule has 1 heterocycles. The summed E-state index contributed by atoms with van der Waals surface area (Å²) in [5.74, 6) is -0.0863. The van der Waals surface area contributed by atoms with Gasteiger partial charge in [0.15, 0.2) is 0 Å². The van der Waals surface area contributed by atoms with Crippen molar-refractivity contribution in [3.8, 4) is 0 Å². The normalized spacial score (nSPS) is 16.8. The highest BCUT2D eigenvalue weighted by Crippen LogP contribution is 2.32. The Kier molecular flexibility index (Phi) is 5.08. The lowest BCUT2D eigenvalue weighted by molar-refractivity contribution is -0.384. The van der Waals surface area contributed by atoms with Crippen molar-refractivity contribution < 1.29 is 9.72 Å². The number of nitro groups is 1. The number of rotatable bonds is 5. The number of thioether (sulfide) groups is 1. The van der Waals surface area contributed by atoms with Crippen molar-refractivity contribution in [2.45, 2.75) is 19.8 Å². The van der Waals surface area contributed by atoms with Crippen LogP contribution in [0.2, 0.25) is 0 Å². The first kappa shape index (κ1) is 15.7. The molecule has 1 aromatic carbocycles. The van der Waals surface area contributed by atoms with Gasteiger partial charge in [0, 0.05) is 18.7 Å². The molecule has 2 rings (SSSR count). The SMILES string of the molecule is CCCCN1C(=O)/C(=C/c2ccc([N+](=O)[O-])cc2)SC1=S. The number of hydrogen-bond donors (Lipinski definition) is 0. The first-order valence-corrected chi connectivity index (χ1v) is 7.75. The summed E-state index contributed by atoms with van der Waals surface area (Å²) in [6, 6.07) is 6.08. The highest BCUT2D eigenvalue weighted by Gasteiger charge is 2.31. The van der Waals surface area contributed by atoms with Gasteiger partial charge in [-0.3, -0.25) is 19.8 Å². The molecule has 0 atom stereocenters. The molecule has 110 valence electrons. The van der Waals surface area contributed by atoms with Crippen molar-refractivity contribution in [2.24, 2.45) is 0 Å². The van der Waals surface area contributed by atoms with E-state index >= 15 is 0 Å². The average molecular weight is 322 g/mol. The smallest absolute Gasteiger partial charge is 0.269 e. The Morgan fingerprint density at radius 1 is 1.38 bits per heavy atom. The van der Waals surface area contributed by atoms with Crippen molar-refractivity contribution in [1.82, 2.24) is 4.90 Å². The number of nitro benzene ring substituents is 1. The molecule has 1 saturated heterocycles. The number of benzene rings is 1. The predicted octanol–water partition coefficient (Wildman–Crippen LogP) is 3.60. The molecule has 1 amide bonds. The van der Waals surface area contributed by atoms with Gasteiger partial charge in [-0.2, -0.15) is 0 Å². The van der Waals surface area contributed by atoms with E-state index in [0.717, 1.165) is 18.4 Å². The largest absolute Gasteiger partial charge is 0.293 e. The Labute approximate surface area is 132 Å². The topological polar surface area (TPSA) is 63.5 Å². The van der Waals surface area contributed by atoms with E-state index in [0.29, 0.717) is 15.8 Å². The molecule has 0 spiro atoms. The Morgan fingerprint density at radius 2 is 2.05 bits per heavy atom. The number of non-ortho nitro benzene ring substituents is 1. The van der Waals surface area contributed by atoms with Crippen molar-refractivity contribution in [3.05, 3.63) is 44.8 Å². The summed E-state index contributed by atoms with van der Waals surface area (Å²) in [6.45, 7) is 2.70. The third-order valence-electron chi connectivity index (χ3n) is 3.01. The minimum Gasteiger partial charge on any atom is -0.293 e. The van der Waals surface area contributed by atoms with E-state index in [1.54, 1.807) is 23.1 Å². The van der Waals surface area contributed by atoms with Gasteiger partial charge >= 0.3 is 0 Å². The lowest BCUT2D eigenvalue weighted by Gasteiger charge is -2.12. The van der Waals surface area contributed by atoms with Crippen LogP contribution in [0.25, 0.3) is 6.08 Å². The van der Waals surface area contributed by atoms with Crippen molar-refractivity contribution >= 4 is 46.0 Å². The van der Waals surface area contributed by atoms with E-state index in [2.05, 4.69) is 6.92 Å². The Morgan fingerprint density at radius 3 is 2.62 bits per heavy atom. The molecule has 1 aliphatic rings. The second kappa shape index (κ2) is 6.82. The monoisotopic (exact) mass is 322 g/mol. The average Bonchev–Trinajstić information content (AvgIpc) is 2.72. The number of hydrogen-bond acceptors (Lipinski definition) is 5. The van der Waals surface area contributed by atoms with Crippen molar-refractivity contribution in [1.29, 1.82) is 0 Å². The lowest BCUT2D eigenvalue weighted by Crippen LogP contribution is -2.28.